The van der Waals surface area contributed by atoms with E-state index < -0.39 is 0 Å². The van der Waals surface area contributed by atoms with Crippen molar-refractivity contribution in [2.45, 2.75) is 32.5 Å². The van der Waals surface area contributed by atoms with Gasteiger partial charge in [-0.2, -0.15) is 0 Å². The minimum atomic E-state index is -0.204. The maximum absolute atomic E-state index is 4.95. The van der Waals surface area contributed by atoms with Crippen LogP contribution in [0.5, 0.6) is 0 Å². The van der Waals surface area contributed by atoms with Crippen LogP contribution in [0.3, 0.4) is 0 Å². The summed E-state index contributed by atoms with van der Waals surface area (Å²) >= 11 is 0. The Labute approximate surface area is 62.2 Å². The molecular formula is C7H16O3. The number of methoxy groups -OCH3 is 1. The van der Waals surface area contributed by atoms with Gasteiger partial charge in [-0.05, 0) is 6.42 Å². The third-order valence-corrected chi connectivity index (χ3v) is 1.26. The van der Waals surface area contributed by atoms with Crippen molar-refractivity contribution in [2.75, 3.05) is 14.2 Å². The standard InChI is InChI=1S/C7H16O3/c1-4-5-6-7(8-2)10-9-3/h7H,4-6H2,1-3H3. The van der Waals surface area contributed by atoms with E-state index >= 15 is 0 Å². The fraction of sp³-hybridized carbons (Fsp3) is 1.00. The SMILES string of the molecule is CCCCC(OC)OOC. The first kappa shape index (κ1) is 9.88. The molecule has 0 N–H and O–H groups in total. The van der Waals surface area contributed by atoms with Gasteiger partial charge in [-0.15, -0.1) is 0 Å². The second-order valence-corrected chi connectivity index (χ2v) is 2.07. The smallest absolute Gasteiger partial charge is 0.190 e. The number of rotatable bonds is 6. The predicted molar refractivity (Wildman–Crippen MR) is 38.4 cm³/mol. The molecule has 0 saturated carbocycles. The Balaban J connectivity index is 3.21. The molecule has 0 radical (unpaired) electrons. The van der Waals surface area contributed by atoms with Crippen molar-refractivity contribution in [1.29, 1.82) is 0 Å². The Morgan fingerprint density at radius 3 is 2.40 bits per heavy atom. The molecule has 0 heterocycles. The van der Waals surface area contributed by atoms with Crippen molar-refractivity contribution >= 4 is 0 Å². The van der Waals surface area contributed by atoms with Crippen molar-refractivity contribution in [3.63, 3.8) is 0 Å². The Morgan fingerprint density at radius 1 is 1.30 bits per heavy atom. The van der Waals surface area contributed by atoms with Crippen LogP contribution in [0.1, 0.15) is 26.2 Å². The molecule has 0 aromatic rings. The normalized spacial score (nSPS) is 13.5. The van der Waals surface area contributed by atoms with Crippen LogP contribution in [0.15, 0.2) is 0 Å². The Bertz CT molecular complexity index is 65.9. The summed E-state index contributed by atoms with van der Waals surface area (Å²) in [7, 11) is 3.09. The molecular weight excluding hydrogens is 132 g/mol. The number of hydrogen-bond donors (Lipinski definition) is 0. The summed E-state index contributed by atoms with van der Waals surface area (Å²) in [4.78, 5) is 9.24. The molecule has 62 valence electrons. The molecule has 0 aromatic carbocycles. The molecule has 1 atom stereocenters. The van der Waals surface area contributed by atoms with Crippen molar-refractivity contribution in [2.24, 2.45) is 0 Å². The average Bonchev–Trinajstić information content (AvgIpc) is 1.98. The van der Waals surface area contributed by atoms with E-state index in [4.69, 9.17) is 9.62 Å². The van der Waals surface area contributed by atoms with Crippen LogP contribution in [0.2, 0.25) is 0 Å². The molecule has 3 heteroatoms. The summed E-state index contributed by atoms with van der Waals surface area (Å²) in [5, 5.41) is 0. The lowest BCUT2D eigenvalue weighted by Gasteiger charge is -2.11. The van der Waals surface area contributed by atoms with Gasteiger partial charge in [0.25, 0.3) is 0 Å². The number of ether oxygens (including phenoxy) is 1. The summed E-state index contributed by atoms with van der Waals surface area (Å²) in [6.45, 7) is 2.12. The maximum Gasteiger partial charge on any atom is 0.190 e. The van der Waals surface area contributed by atoms with Crippen LogP contribution >= 0.6 is 0 Å². The van der Waals surface area contributed by atoms with E-state index in [-0.39, 0.29) is 6.29 Å². The van der Waals surface area contributed by atoms with Gasteiger partial charge >= 0.3 is 0 Å². The molecule has 0 bridgehead atoms. The fourth-order valence-corrected chi connectivity index (χ4v) is 0.683. The van der Waals surface area contributed by atoms with Crippen LogP contribution < -0.4 is 0 Å². The minimum Gasteiger partial charge on any atom is -0.353 e. The molecule has 0 aliphatic heterocycles. The zero-order chi connectivity index (χ0) is 7.82. The maximum atomic E-state index is 4.95. The van der Waals surface area contributed by atoms with Gasteiger partial charge in [0.1, 0.15) is 0 Å². The van der Waals surface area contributed by atoms with E-state index in [0.29, 0.717) is 0 Å². The van der Waals surface area contributed by atoms with Crippen LogP contribution in [0.25, 0.3) is 0 Å². The summed E-state index contributed by atoms with van der Waals surface area (Å²) in [5.41, 5.74) is 0. The quantitative estimate of drug-likeness (QED) is 0.326. The molecule has 0 aliphatic rings. The summed E-state index contributed by atoms with van der Waals surface area (Å²) in [6, 6.07) is 0. The topological polar surface area (TPSA) is 27.7 Å². The van der Waals surface area contributed by atoms with Gasteiger partial charge in [-0.1, -0.05) is 13.3 Å². The first-order valence-corrected chi connectivity index (χ1v) is 3.57. The van der Waals surface area contributed by atoms with E-state index in [0.717, 1.165) is 19.3 Å². The van der Waals surface area contributed by atoms with E-state index in [9.17, 15) is 0 Å². The predicted octanol–water partition coefficient (Wildman–Crippen LogP) is 1.73. The number of hydrogen-bond acceptors (Lipinski definition) is 3. The van der Waals surface area contributed by atoms with Crippen LogP contribution in [-0.2, 0) is 14.5 Å². The Kier molecular flexibility index (Phi) is 6.91. The molecule has 0 aromatic heterocycles. The third kappa shape index (κ3) is 4.73. The fourth-order valence-electron chi connectivity index (χ4n) is 0.683. The highest BCUT2D eigenvalue weighted by molar-refractivity contribution is 4.40. The zero-order valence-corrected chi connectivity index (χ0v) is 6.92. The van der Waals surface area contributed by atoms with Gasteiger partial charge in [0.05, 0.1) is 7.11 Å². The molecule has 0 aliphatic carbocycles. The molecule has 3 nitrogen and oxygen atoms in total. The minimum absolute atomic E-state index is 0.204. The summed E-state index contributed by atoms with van der Waals surface area (Å²) < 4.78 is 4.95. The van der Waals surface area contributed by atoms with E-state index in [1.807, 2.05) is 0 Å². The van der Waals surface area contributed by atoms with Crippen molar-refractivity contribution < 1.29 is 14.5 Å². The molecule has 0 amide bonds. The van der Waals surface area contributed by atoms with Gasteiger partial charge in [0, 0.05) is 13.5 Å². The lowest BCUT2D eigenvalue weighted by atomic mass is 10.2. The van der Waals surface area contributed by atoms with Crippen LogP contribution in [0.4, 0.5) is 0 Å². The number of unbranched alkanes of at least 4 members (excludes halogenated alkanes) is 1. The highest BCUT2D eigenvalue weighted by Gasteiger charge is 2.05. The largest absolute Gasteiger partial charge is 0.353 e. The highest BCUT2D eigenvalue weighted by atomic mass is 17.2. The second-order valence-electron chi connectivity index (χ2n) is 2.07. The second kappa shape index (κ2) is 6.99. The average molecular weight is 148 g/mol. The van der Waals surface area contributed by atoms with E-state index in [1.165, 1.54) is 7.11 Å². The monoisotopic (exact) mass is 148 g/mol. The lowest BCUT2D eigenvalue weighted by Crippen LogP contribution is -2.14. The van der Waals surface area contributed by atoms with Crippen molar-refractivity contribution in [1.82, 2.24) is 0 Å². The molecule has 1 unspecified atom stereocenters. The lowest BCUT2D eigenvalue weighted by molar-refractivity contribution is -0.360. The highest BCUT2D eigenvalue weighted by Crippen LogP contribution is 2.04. The Hall–Kier alpha value is -0.120. The summed E-state index contributed by atoms with van der Waals surface area (Å²) in [5.74, 6) is 0. The molecule has 0 saturated heterocycles. The molecule has 0 fully saturated rings. The van der Waals surface area contributed by atoms with Crippen molar-refractivity contribution in [3.8, 4) is 0 Å². The van der Waals surface area contributed by atoms with Gasteiger partial charge in [0.15, 0.2) is 6.29 Å². The first-order valence-electron chi connectivity index (χ1n) is 3.57. The van der Waals surface area contributed by atoms with Gasteiger partial charge in [-0.25, -0.2) is 9.78 Å². The van der Waals surface area contributed by atoms with Gasteiger partial charge in [-0.3, -0.25) is 0 Å². The molecule has 0 rings (SSSR count). The molecule has 10 heavy (non-hydrogen) atoms. The van der Waals surface area contributed by atoms with Gasteiger partial charge < -0.3 is 4.74 Å². The Morgan fingerprint density at radius 2 is 2.00 bits per heavy atom. The molecule has 0 spiro atoms. The van der Waals surface area contributed by atoms with Crippen LogP contribution in [0, 0.1) is 0 Å². The van der Waals surface area contributed by atoms with E-state index in [1.54, 1.807) is 7.11 Å². The first-order chi connectivity index (χ1) is 4.85. The zero-order valence-electron chi connectivity index (χ0n) is 6.92. The summed E-state index contributed by atoms with van der Waals surface area (Å²) in [6.07, 6.45) is 2.93. The van der Waals surface area contributed by atoms with Crippen molar-refractivity contribution in [3.05, 3.63) is 0 Å². The van der Waals surface area contributed by atoms with E-state index in [2.05, 4.69) is 11.8 Å². The van der Waals surface area contributed by atoms with Gasteiger partial charge in [0.2, 0.25) is 0 Å². The van der Waals surface area contributed by atoms with Crippen LogP contribution in [-0.4, -0.2) is 20.5 Å². The third-order valence-electron chi connectivity index (χ3n) is 1.26.